The molecule has 1 saturated carbocycles. The van der Waals surface area contributed by atoms with Crippen molar-refractivity contribution in [1.82, 2.24) is 10.2 Å². The molecular formula is C13H26N2. The third kappa shape index (κ3) is 3.18. The highest BCUT2D eigenvalue weighted by molar-refractivity contribution is 4.79. The molecule has 1 aliphatic heterocycles. The Bertz CT molecular complexity index is 171. The lowest BCUT2D eigenvalue weighted by molar-refractivity contribution is 0.146. The third-order valence-electron chi connectivity index (χ3n) is 4.19. The van der Waals surface area contributed by atoms with Crippen LogP contribution >= 0.6 is 0 Å². The lowest BCUT2D eigenvalue weighted by Gasteiger charge is -2.36. The van der Waals surface area contributed by atoms with Crippen molar-refractivity contribution in [2.75, 3.05) is 26.2 Å². The average molecular weight is 210 g/mol. The summed E-state index contributed by atoms with van der Waals surface area (Å²) in [5.41, 5.74) is 0. The molecule has 0 aromatic rings. The Labute approximate surface area is 94.4 Å². The molecule has 0 amide bonds. The molecule has 1 heterocycles. The van der Waals surface area contributed by atoms with Crippen LogP contribution in [0.2, 0.25) is 0 Å². The first kappa shape index (κ1) is 11.4. The van der Waals surface area contributed by atoms with Crippen molar-refractivity contribution in [2.45, 2.75) is 51.5 Å². The van der Waals surface area contributed by atoms with Crippen molar-refractivity contribution < 1.29 is 0 Å². The van der Waals surface area contributed by atoms with Gasteiger partial charge >= 0.3 is 0 Å². The fraction of sp³-hybridized carbons (Fsp3) is 1.00. The quantitative estimate of drug-likeness (QED) is 0.749. The van der Waals surface area contributed by atoms with Crippen molar-refractivity contribution >= 4 is 0 Å². The lowest BCUT2D eigenvalue weighted by Crippen LogP contribution is -2.45. The highest BCUT2D eigenvalue weighted by atomic mass is 15.1. The molecule has 0 unspecified atom stereocenters. The predicted octanol–water partition coefficient (Wildman–Crippen LogP) is 2.25. The maximum absolute atomic E-state index is 3.36. The topological polar surface area (TPSA) is 15.3 Å². The van der Waals surface area contributed by atoms with Crippen LogP contribution in [0.5, 0.6) is 0 Å². The summed E-state index contributed by atoms with van der Waals surface area (Å²) in [7, 11) is 0. The van der Waals surface area contributed by atoms with E-state index in [9.17, 15) is 0 Å². The van der Waals surface area contributed by atoms with Gasteiger partial charge in [0.25, 0.3) is 0 Å². The van der Waals surface area contributed by atoms with E-state index >= 15 is 0 Å². The molecule has 1 N–H and O–H groups in total. The number of nitrogens with one attached hydrogen (secondary N) is 1. The van der Waals surface area contributed by atoms with E-state index < -0.39 is 0 Å². The molecule has 0 aromatic heterocycles. The maximum atomic E-state index is 3.36. The highest BCUT2D eigenvalue weighted by Gasteiger charge is 2.22. The molecule has 0 spiro atoms. The molecule has 2 rings (SSSR count). The van der Waals surface area contributed by atoms with Crippen LogP contribution in [0.1, 0.15) is 45.4 Å². The van der Waals surface area contributed by atoms with E-state index in [0.717, 1.165) is 12.0 Å². The van der Waals surface area contributed by atoms with Gasteiger partial charge in [-0.25, -0.2) is 0 Å². The van der Waals surface area contributed by atoms with Gasteiger partial charge in [0.15, 0.2) is 0 Å². The Morgan fingerprint density at radius 1 is 1.13 bits per heavy atom. The maximum Gasteiger partial charge on any atom is 0.00951 e. The normalized spacial score (nSPS) is 24.4. The van der Waals surface area contributed by atoms with Gasteiger partial charge < -0.3 is 10.2 Å². The van der Waals surface area contributed by atoms with E-state index in [1.54, 1.807) is 0 Å². The van der Waals surface area contributed by atoms with Gasteiger partial charge in [0.1, 0.15) is 0 Å². The Morgan fingerprint density at radius 3 is 2.40 bits per heavy atom. The van der Waals surface area contributed by atoms with Crippen LogP contribution in [-0.2, 0) is 0 Å². The minimum Gasteiger partial charge on any atom is -0.316 e. The molecule has 2 aliphatic rings. The van der Waals surface area contributed by atoms with E-state index in [-0.39, 0.29) is 0 Å². The minimum atomic E-state index is 0.914. The Balaban J connectivity index is 1.69. The Hall–Kier alpha value is -0.0800. The molecule has 2 fully saturated rings. The minimum absolute atomic E-state index is 0.914. The number of nitrogens with zero attached hydrogens (tertiary/aromatic N) is 1. The summed E-state index contributed by atoms with van der Waals surface area (Å²) in [4.78, 5) is 2.73. The summed E-state index contributed by atoms with van der Waals surface area (Å²) < 4.78 is 0. The number of hydrogen-bond donors (Lipinski definition) is 1. The van der Waals surface area contributed by atoms with E-state index in [4.69, 9.17) is 0 Å². The fourth-order valence-corrected chi connectivity index (χ4v) is 2.95. The van der Waals surface area contributed by atoms with Crippen molar-refractivity contribution in [3.05, 3.63) is 0 Å². The largest absolute Gasteiger partial charge is 0.316 e. The van der Waals surface area contributed by atoms with Crippen LogP contribution in [-0.4, -0.2) is 37.1 Å². The summed E-state index contributed by atoms with van der Waals surface area (Å²) in [5.74, 6) is 0.975. The molecule has 2 nitrogen and oxygen atoms in total. The van der Waals surface area contributed by atoms with Gasteiger partial charge in [0, 0.05) is 6.04 Å². The first-order valence-corrected chi connectivity index (χ1v) is 6.85. The SMILES string of the molecule is CCN(CCC1CNC1)C1CCCCC1. The molecule has 0 aromatic carbocycles. The summed E-state index contributed by atoms with van der Waals surface area (Å²) >= 11 is 0. The van der Waals surface area contributed by atoms with Crippen LogP contribution in [0.4, 0.5) is 0 Å². The Morgan fingerprint density at radius 2 is 1.87 bits per heavy atom. The standard InChI is InChI=1S/C13H26N2/c1-2-15(9-8-12-10-14-11-12)13-6-4-3-5-7-13/h12-14H,2-11H2,1H3. The molecule has 0 radical (unpaired) electrons. The second-order valence-corrected chi connectivity index (χ2v) is 5.23. The van der Waals surface area contributed by atoms with Crippen molar-refractivity contribution in [3.8, 4) is 0 Å². The van der Waals surface area contributed by atoms with Crippen LogP contribution in [0.3, 0.4) is 0 Å². The first-order chi connectivity index (χ1) is 7.40. The van der Waals surface area contributed by atoms with Crippen molar-refractivity contribution in [1.29, 1.82) is 0 Å². The summed E-state index contributed by atoms with van der Waals surface area (Å²) in [5, 5.41) is 3.36. The van der Waals surface area contributed by atoms with Gasteiger partial charge in [-0.1, -0.05) is 26.2 Å². The second-order valence-electron chi connectivity index (χ2n) is 5.23. The third-order valence-corrected chi connectivity index (χ3v) is 4.19. The van der Waals surface area contributed by atoms with E-state index in [1.807, 2.05) is 0 Å². The smallest absolute Gasteiger partial charge is 0.00951 e. The predicted molar refractivity (Wildman–Crippen MR) is 65.1 cm³/mol. The van der Waals surface area contributed by atoms with Crippen molar-refractivity contribution in [2.24, 2.45) is 5.92 Å². The highest BCUT2D eigenvalue weighted by Crippen LogP contribution is 2.23. The average Bonchev–Trinajstić information content (AvgIpc) is 2.23. The molecule has 0 atom stereocenters. The van der Waals surface area contributed by atoms with Crippen LogP contribution in [0.25, 0.3) is 0 Å². The molecule has 2 heteroatoms. The Kier molecular flexibility index (Phi) is 4.45. The molecule has 0 bridgehead atoms. The number of hydrogen-bond acceptors (Lipinski definition) is 2. The number of rotatable bonds is 5. The monoisotopic (exact) mass is 210 g/mol. The molecule has 88 valence electrons. The van der Waals surface area contributed by atoms with Gasteiger partial charge in [-0.2, -0.15) is 0 Å². The zero-order valence-electron chi connectivity index (χ0n) is 10.2. The molecule has 1 saturated heterocycles. The van der Waals surface area contributed by atoms with E-state index in [2.05, 4.69) is 17.1 Å². The zero-order chi connectivity index (χ0) is 10.5. The van der Waals surface area contributed by atoms with Gasteiger partial charge in [-0.05, 0) is 51.4 Å². The van der Waals surface area contributed by atoms with E-state index in [1.165, 1.54) is 64.7 Å². The zero-order valence-corrected chi connectivity index (χ0v) is 10.2. The first-order valence-electron chi connectivity index (χ1n) is 6.85. The van der Waals surface area contributed by atoms with Crippen molar-refractivity contribution in [3.63, 3.8) is 0 Å². The van der Waals surface area contributed by atoms with Crippen LogP contribution in [0.15, 0.2) is 0 Å². The second kappa shape index (κ2) is 5.86. The molecular weight excluding hydrogens is 184 g/mol. The summed E-state index contributed by atoms with van der Waals surface area (Å²) in [6.07, 6.45) is 8.73. The van der Waals surface area contributed by atoms with E-state index in [0.29, 0.717) is 0 Å². The van der Waals surface area contributed by atoms with Gasteiger partial charge in [0.2, 0.25) is 0 Å². The summed E-state index contributed by atoms with van der Waals surface area (Å²) in [6.45, 7) is 7.45. The molecule has 15 heavy (non-hydrogen) atoms. The van der Waals surface area contributed by atoms with Gasteiger partial charge in [-0.15, -0.1) is 0 Å². The van der Waals surface area contributed by atoms with Gasteiger partial charge in [0.05, 0.1) is 0 Å². The fourth-order valence-electron chi connectivity index (χ4n) is 2.95. The van der Waals surface area contributed by atoms with Crippen LogP contribution in [0, 0.1) is 5.92 Å². The van der Waals surface area contributed by atoms with Gasteiger partial charge in [-0.3, -0.25) is 0 Å². The lowest BCUT2D eigenvalue weighted by atomic mass is 9.93. The summed E-state index contributed by atoms with van der Waals surface area (Å²) in [6, 6.07) is 0.914. The molecule has 1 aliphatic carbocycles. The van der Waals surface area contributed by atoms with Crippen LogP contribution < -0.4 is 5.32 Å².